The fourth-order valence-corrected chi connectivity index (χ4v) is 1.97. The van der Waals surface area contributed by atoms with Gasteiger partial charge in [-0.1, -0.05) is 13.3 Å². The van der Waals surface area contributed by atoms with Gasteiger partial charge in [0.05, 0.1) is 13.2 Å². The largest absolute Gasteiger partial charge is 0.352 e. The van der Waals surface area contributed by atoms with Crippen molar-refractivity contribution in [2.24, 2.45) is 11.8 Å². The first kappa shape index (κ1) is 6.62. The van der Waals surface area contributed by atoms with Gasteiger partial charge < -0.3 is 9.47 Å². The van der Waals surface area contributed by atoms with E-state index in [9.17, 15) is 0 Å². The van der Waals surface area contributed by atoms with Crippen molar-refractivity contribution in [1.29, 1.82) is 0 Å². The highest BCUT2D eigenvalue weighted by Crippen LogP contribution is 2.36. The molecule has 0 aromatic heterocycles. The molecule has 0 N–H and O–H groups in total. The summed E-state index contributed by atoms with van der Waals surface area (Å²) in [6.45, 7) is 4.06. The first-order valence-corrected chi connectivity index (χ1v) is 4.15. The maximum Gasteiger partial charge on any atom is 0.160 e. The molecule has 58 valence electrons. The molecule has 2 nitrogen and oxygen atoms in total. The van der Waals surface area contributed by atoms with Crippen LogP contribution in [0.25, 0.3) is 0 Å². The number of hydrogen-bond donors (Lipinski definition) is 0. The molecule has 2 saturated heterocycles. The summed E-state index contributed by atoms with van der Waals surface area (Å²) in [6.07, 6.45) is 2.61. The van der Waals surface area contributed by atoms with Crippen molar-refractivity contribution in [3.8, 4) is 0 Å². The molecule has 0 aromatic rings. The van der Waals surface area contributed by atoms with E-state index in [0.717, 1.165) is 19.1 Å². The fourth-order valence-electron chi connectivity index (χ4n) is 1.97. The van der Waals surface area contributed by atoms with Gasteiger partial charge in [0.1, 0.15) is 0 Å². The second-order valence-corrected chi connectivity index (χ2v) is 3.19. The van der Waals surface area contributed by atoms with Crippen LogP contribution >= 0.6 is 0 Å². The Labute approximate surface area is 61.5 Å². The molecular formula is C8H14O2. The van der Waals surface area contributed by atoms with E-state index in [-0.39, 0.29) is 6.29 Å². The Hall–Kier alpha value is -0.0800. The Balaban J connectivity index is 2.01. The van der Waals surface area contributed by atoms with Gasteiger partial charge in [-0.3, -0.25) is 0 Å². The molecule has 2 rings (SSSR count). The molecule has 3 atom stereocenters. The highest BCUT2D eigenvalue weighted by molar-refractivity contribution is 4.81. The van der Waals surface area contributed by atoms with Gasteiger partial charge in [-0.2, -0.15) is 0 Å². The van der Waals surface area contributed by atoms with Gasteiger partial charge in [0.25, 0.3) is 0 Å². The second kappa shape index (κ2) is 2.51. The average Bonchev–Trinajstić information content (AvgIpc) is 2.44. The summed E-state index contributed by atoms with van der Waals surface area (Å²) in [7, 11) is 0. The Morgan fingerprint density at radius 3 is 3.10 bits per heavy atom. The van der Waals surface area contributed by atoms with Gasteiger partial charge in [0.2, 0.25) is 0 Å². The first-order chi connectivity index (χ1) is 4.92. The summed E-state index contributed by atoms with van der Waals surface area (Å²) in [5, 5.41) is 0. The lowest BCUT2D eigenvalue weighted by atomic mass is 9.91. The third-order valence-electron chi connectivity index (χ3n) is 2.69. The van der Waals surface area contributed by atoms with Crippen LogP contribution in [0, 0.1) is 11.8 Å². The monoisotopic (exact) mass is 142 g/mol. The summed E-state index contributed by atoms with van der Waals surface area (Å²) in [5.74, 6) is 1.48. The minimum Gasteiger partial charge on any atom is -0.352 e. The highest BCUT2D eigenvalue weighted by atomic mass is 16.7. The summed E-state index contributed by atoms with van der Waals surface area (Å²) in [6, 6.07) is 0. The molecule has 2 heterocycles. The van der Waals surface area contributed by atoms with Crippen LogP contribution in [-0.2, 0) is 9.47 Å². The Bertz CT molecular complexity index is 124. The quantitative estimate of drug-likeness (QED) is 0.551. The lowest BCUT2D eigenvalue weighted by Crippen LogP contribution is -2.13. The summed E-state index contributed by atoms with van der Waals surface area (Å²) >= 11 is 0. The molecule has 0 spiro atoms. The number of fused-ring (bicyclic) bond motifs is 1. The molecule has 2 heteroatoms. The van der Waals surface area contributed by atoms with Crippen molar-refractivity contribution in [2.75, 3.05) is 13.2 Å². The zero-order chi connectivity index (χ0) is 6.97. The van der Waals surface area contributed by atoms with E-state index in [1.165, 1.54) is 12.8 Å². The SMILES string of the molecule is CC[C@H]1CO[C@@H]2OCC[C@H]12. The average molecular weight is 142 g/mol. The van der Waals surface area contributed by atoms with Crippen molar-refractivity contribution in [3.05, 3.63) is 0 Å². The highest BCUT2D eigenvalue weighted by Gasteiger charge is 2.40. The van der Waals surface area contributed by atoms with Crippen LogP contribution in [-0.4, -0.2) is 19.5 Å². The first-order valence-electron chi connectivity index (χ1n) is 4.15. The smallest absolute Gasteiger partial charge is 0.160 e. The Kier molecular flexibility index (Phi) is 1.66. The molecule has 0 aliphatic carbocycles. The van der Waals surface area contributed by atoms with E-state index in [2.05, 4.69) is 6.92 Å². The van der Waals surface area contributed by atoms with Crippen molar-refractivity contribution in [2.45, 2.75) is 26.1 Å². The number of rotatable bonds is 1. The zero-order valence-electron chi connectivity index (χ0n) is 6.38. The van der Waals surface area contributed by atoms with E-state index < -0.39 is 0 Å². The molecule has 0 aromatic carbocycles. The minimum atomic E-state index is 0.157. The fraction of sp³-hybridized carbons (Fsp3) is 1.00. The molecule has 10 heavy (non-hydrogen) atoms. The number of hydrogen-bond acceptors (Lipinski definition) is 2. The van der Waals surface area contributed by atoms with Crippen LogP contribution in [0.3, 0.4) is 0 Å². The van der Waals surface area contributed by atoms with Crippen LogP contribution in [0.4, 0.5) is 0 Å². The Morgan fingerprint density at radius 2 is 2.30 bits per heavy atom. The molecule has 0 bridgehead atoms. The van der Waals surface area contributed by atoms with Gasteiger partial charge in [-0.25, -0.2) is 0 Å². The lowest BCUT2D eigenvalue weighted by Gasteiger charge is -2.10. The van der Waals surface area contributed by atoms with Gasteiger partial charge in [-0.15, -0.1) is 0 Å². The van der Waals surface area contributed by atoms with Crippen molar-refractivity contribution < 1.29 is 9.47 Å². The van der Waals surface area contributed by atoms with Crippen molar-refractivity contribution in [1.82, 2.24) is 0 Å². The standard InChI is InChI=1S/C8H14O2/c1-2-6-5-10-8-7(6)3-4-9-8/h6-8H,2-5H2,1H3/t6-,7+,8-/m0/s1. The molecule has 2 aliphatic rings. The third kappa shape index (κ3) is 0.867. The van der Waals surface area contributed by atoms with E-state index in [0.29, 0.717) is 5.92 Å². The predicted octanol–water partition coefficient (Wildman–Crippen LogP) is 1.41. The molecule has 0 radical (unpaired) electrons. The predicted molar refractivity (Wildman–Crippen MR) is 37.6 cm³/mol. The van der Waals surface area contributed by atoms with Crippen LogP contribution in [0.1, 0.15) is 19.8 Å². The second-order valence-electron chi connectivity index (χ2n) is 3.19. The molecule has 2 aliphatic heterocycles. The van der Waals surface area contributed by atoms with Crippen LogP contribution in [0.2, 0.25) is 0 Å². The molecular weight excluding hydrogens is 128 g/mol. The molecule has 0 unspecified atom stereocenters. The van der Waals surface area contributed by atoms with E-state index in [1.807, 2.05) is 0 Å². The van der Waals surface area contributed by atoms with Crippen LogP contribution in [0.5, 0.6) is 0 Å². The van der Waals surface area contributed by atoms with Crippen molar-refractivity contribution in [3.63, 3.8) is 0 Å². The maximum atomic E-state index is 5.46. The van der Waals surface area contributed by atoms with Gasteiger partial charge in [-0.05, 0) is 12.3 Å². The Morgan fingerprint density at radius 1 is 1.40 bits per heavy atom. The minimum absolute atomic E-state index is 0.157. The number of ether oxygens (including phenoxy) is 2. The maximum absolute atomic E-state index is 5.46. The lowest BCUT2D eigenvalue weighted by molar-refractivity contribution is -0.0905. The van der Waals surface area contributed by atoms with Gasteiger partial charge >= 0.3 is 0 Å². The molecule has 0 saturated carbocycles. The van der Waals surface area contributed by atoms with Crippen LogP contribution < -0.4 is 0 Å². The molecule has 0 amide bonds. The van der Waals surface area contributed by atoms with Gasteiger partial charge in [0, 0.05) is 5.92 Å². The summed E-state index contributed by atoms with van der Waals surface area (Å²) in [5.41, 5.74) is 0. The van der Waals surface area contributed by atoms with E-state index >= 15 is 0 Å². The van der Waals surface area contributed by atoms with E-state index in [4.69, 9.17) is 9.47 Å². The summed E-state index contributed by atoms with van der Waals surface area (Å²) < 4.78 is 10.8. The normalized spacial score (nSPS) is 45.9. The van der Waals surface area contributed by atoms with Crippen molar-refractivity contribution >= 4 is 0 Å². The van der Waals surface area contributed by atoms with Crippen LogP contribution in [0.15, 0.2) is 0 Å². The zero-order valence-corrected chi connectivity index (χ0v) is 6.38. The topological polar surface area (TPSA) is 18.5 Å². The third-order valence-corrected chi connectivity index (χ3v) is 2.69. The van der Waals surface area contributed by atoms with Gasteiger partial charge in [0.15, 0.2) is 6.29 Å². The molecule has 2 fully saturated rings. The summed E-state index contributed by atoms with van der Waals surface area (Å²) in [4.78, 5) is 0. The van der Waals surface area contributed by atoms with E-state index in [1.54, 1.807) is 0 Å².